The molecular formula is C23H25N3O3. The fraction of sp³-hybridized carbons (Fsp3) is 0.304. The first-order valence-corrected chi connectivity index (χ1v) is 9.86. The molecule has 150 valence electrons. The Labute approximate surface area is 170 Å². The van der Waals surface area contributed by atoms with Crippen LogP contribution in [0.5, 0.6) is 0 Å². The normalized spacial score (nSPS) is 16.8. The summed E-state index contributed by atoms with van der Waals surface area (Å²) >= 11 is 0. The second-order valence-corrected chi connectivity index (χ2v) is 7.37. The molecule has 2 aromatic carbocycles. The van der Waals surface area contributed by atoms with E-state index in [4.69, 9.17) is 4.74 Å². The Balaban J connectivity index is 1.31. The van der Waals surface area contributed by atoms with Gasteiger partial charge in [-0.05, 0) is 17.2 Å². The summed E-state index contributed by atoms with van der Waals surface area (Å²) in [5.41, 5.74) is 4.23. The first kappa shape index (κ1) is 19.4. The lowest BCUT2D eigenvalue weighted by molar-refractivity contribution is -0.121. The van der Waals surface area contributed by atoms with Crippen LogP contribution in [0.2, 0.25) is 0 Å². The molecule has 2 heterocycles. The molecule has 0 unspecified atom stereocenters. The van der Waals surface area contributed by atoms with E-state index >= 15 is 0 Å². The first-order valence-electron chi connectivity index (χ1n) is 9.86. The van der Waals surface area contributed by atoms with Crippen molar-refractivity contribution in [2.75, 3.05) is 32.8 Å². The molecule has 1 N–H and O–H groups in total. The Morgan fingerprint density at radius 3 is 2.52 bits per heavy atom. The van der Waals surface area contributed by atoms with Crippen molar-refractivity contribution >= 4 is 17.5 Å². The van der Waals surface area contributed by atoms with Crippen molar-refractivity contribution < 1.29 is 14.3 Å². The zero-order chi connectivity index (χ0) is 20.2. The average Bonchev–Trinajstić information content (AvgIpc) is 2.98. The van der Waals surface area contributed by atoms with Crippen molar-refractivity contribution in [1.29, 1.82) is 0 Å². The number of nitrogens with zero attached hydrogens (tertiary/aromatic N) is 2. The van der Waals surface area contributed by atoms with Crippen LogP contribution in [0.25, 0.3) is 5.70 Å². The highest BCUT2D eigenvalue weighted by molar-refractivity contribution is 6.10. The molecule has 2 aliphatic rings. The van der Waals surface area contributed by atoms with E-state index in [1.165, 1.54) is 10.5 Å². The number of nitrogens with one attached hydrogen (secondary N) is 1. The van der Waals surface area contributed by atoms with Crippen LogP contribution in [0.4, 0.5) is 0 Å². The number of amides is 2. The minimum absolute atomic E-state index is 0.0280. The van der Waals surface area contributed by atoms with Gasteiger partial charge in [-0.2, -0.15) is 0 Å². The van der Waals surface area contributed by atoms with Crippen LogP contribution in [0, 0.1) is 0 Å². The van der Waals surface area contributed by atoms with E-state index in [1.807, 2.05) is 30.3 Å². The Hall–Kier alpha value is -2.96. The molecule has 0 radical (unpaired) electrons. The number of hydrogen-bond donors (Lipinski definition) is 1. The van der Waals surface area contributed by atoms with E-state index in [1.54, 1.807) is 6.07 Å². The molecule has 2 aliphatic heterocycles. The number of carbonyl (C=O) groups excluding carboxylic acids is 2. The maximum absolute atomic E-state index is 12.5. The van der Waals surface area contributed by atoms with Gasteiger partial charge >= 0.3 is 0 Å². The summed E-state index contributed by atoms with van der Waals surface area (Å²) in [6.07, 6.45) is 0. The number of hydrogen-bond acceptors (Lipinski definition) is 4. The summed E-state index contributed by atoms with van der Waals surface area (Å²) in [4.78, 5) is 28.8. The minimum Gasteiger partial charge on any atom is -0.379 e. The highest BCUT2D eigenvalue weighted by Gasteiger charge is 2.31. The van der Waals surface area contributed by atoms with Gasteiger partial charge in [0.15, 0.2) is 0 Å². The smallest absolute Gasteiger partial charge is 0.259 e. The van der Waals surface area contributed by atoms with Crippen molar-refractivity contribution in [1.82, 2.24) is 15.1 Å². The van der Waals surface area contributed by atoms with E-state index in [0.717, 1.165) is 44.0 Å². The summed E-state index contributed by atoms with van der Waals surface area (Å²) < 4.78 is 5.39. The van der Waals surface area contributed by atoms with Crippen LogP contribution < -0.4 is 5.32 Å². The number of ether oxygens (including phenoxy) is 1. The Bertz CT molecular complexity index is 899. The third-order valence-corrected chi connectivity index (χ3v) is 5.33. The van der Waals surface area contributed by atoms with Crippen LogP contribution in [0.1, 0.15) is 27.0 Å². The molecule has 0 saturated carbocycles. The number of morpholine rings is 1. The fourth-order valence-electron chi connectivity index (χ4n) is 3.76. The van der Waals surface area contributed by atoms with E-state index in [-0.39, 0.29) is 18.4 Å². The maximum atomic E-state index is 12.5. The quantitative estimate of drug-likeness (QED) is 0.821. The fourth-order valence-corrected chi connectivity index (χ4v) is 3.76. The van der Waals surface area contributed by atoms with Crippen molar-refractivity contribution in [2.24, 2.45) is 0 Å². The number of benzene rings is 2. The molecule has 6 nitrogen and oxygen atoms in total. The Kier molecular flexibility index (Phi) is 5.74. The van der Waals surface area contributed by atoms with Crippen molar-refractivity contribution in [3.63, 3.8) is 0 Å². The molecule has 0 aromatic heterocycles. The molecular weight excluding hydrogens is 366 g/mol. The molecule has 4 rings (SSSR count). The van der Waals surface area contributed by atoms with Gasteiger partial charge in [0.2, 0.25) is 5.91 Å². The summed E-state index contributed by atoms with van der Waals surface area (Å²) in [5, 5.41) is 2.92. The SMILES string of the molecule is C=C1c2ccccc2C(=O)N1CC(=O)NCc1cccc(CN2CCOCC2)c1. The topological polar surface area (TPSA) is 61.9 Å². The zero-order valence-electron chi connectivity index (χ0n) is 16.4. The second kappa shape index (κ2) is 8.59. The van der Waals surface area contributed by atoms with Crippen molar-refractivity contribution in [3.8, 4) is 0 Å². The number of rotatable bonds is 6. The first-order chi connectivity index (χ1) is 14.1. The van der Waals surface area contributed by atoms with Gasteiger partial charge in [-0.25, -0.2) is 0 Å². The Morgan fingerprint density at radius 2 is 1.76 bits per heavy atom. The molecule has 6 heteroatoms. The van der Waals surface area contributed by atoms with Gasteiger partial charge in [-0.1, -0.05) is 49.0 Å². The largest absolute Gasteiger partial charge is 0.379 e. The lowest BCUT2D eigenvalue weighted by atomic mass is 10.1. The molecule has 2 amide bonds. The lowest BCUT2D eigenvalue weighted by Gasteiger charge is -2.26. The van der Waals surface area contributed by atoms with Gasteiger partial charge in [-0.3, -0.25) is 19.4 Å². The predicted molar refractivity (Wildman–Crippen MR) is 111 cm³/mol. The molecule has 0 spiro atoms. The molecule has 2 aromatic rings. The van der Waals surface area contributed by atoms with Crippen LogP contribution in [0.15, 0.2) is 55.1 Å². The molecule has 29 heavy (non-hydrogen) atoms. The monoisotopic (exact) mass is 391 g/mol. The van der Waals surface area contributed by atoms with Gasteiger partial charge in [0.05, 0.1) is 13.2 Å². The zero-order valence-corrected chi connectivity index (χ0v) is 16.4. The second-order valence-electron chi connectivity index (χ2n) is 7.37. The standard InChI is InChI=1S/C23H25N3O3/c1-17-20-7-2-3-8-21(20)23(28)26(17)16-22(27)24-14-18-5-4-6-19(13-18)15-25-9-11-29-12-10-25/h2-8,13H,1,9-12,14-16H2,(H,24,27). The van der Waals surface area contributed by atoms with Crippen LogP contribution in [-0.2, 0) is 22.6 Å². The van der Waals surface area contributed by atoms with Crippen LogP contribution in [-0.4, -0.2) is 54.5 Å². The number of carbonyl (C=O) groups is 2. The molecule has 0 aliphatic carbocycles. The molecule has 1 fully saturated rings. The third-order valence-electron chi connectivity index (χ3n) is 5.33. The van der Waals surface area contributed by atoms with E-state index in [9.17, 15) is 9.59 Å². The average molecular weight is 391 g/mol. The van der Waals surface area contributed by atoms with E-state index < -0.39 is 0 Å². The van der Waals surface area contributed by atoms with E-state index in [2.05, 4.69) is 28.9 Å². The highest BCUT2D eigenvalue weighted by Crippen LogP contribution is 2.30. The van der Waals surface area contributed by atoms with Crippen molar-refractivity contribution in [3.05, 3.63) is 77.4 Å². The summed E-state index contributed by atoms with van der Waals surface area (Å²) in [5.74, 6) is -0.376. The van der Waals surface area contributed by atoms with Crippen LogP contribution in [0.3, 0.4) is 0 Å². The van der Waals surface area contributed by atoms with Gasteiger partial charge in [0.25, 0.3) is 5.91 Å². The number of fused-ring (bicyclic) bond motifs is 1. The predicted octanol–water partition coefficient (Wildman–Crippen LogP) is 2.26. The molecule has 0 bridgehead atoms. The summed E-state index contributed by atoms with van der Waals surface area (Å²) in [6.45, 7) is 8.70. The van der Waals surface area contributed by atoms with Crippen molar-refractivity contribution in [2.45, 2.75) is 13.1 Å². The lowest BCUT2D eigenvalue weighted by Crippen LogP contribution is -2.36. The molecule has 1 saturated heterocycles. The van der Waals surface area contributed by atoms with E-state index in [0.29, 0.717) is 17.8 Å². The van der Waals surface area contributed by atoms with Gasteiger partial charge in [0, 0.05) is 43.0 Å². The maximum Gasteiger partial charge on any atom is 0.259 e. The third kappa shape index (κ3) is 4.39. The van der Waals surface area contributed by atoms with Crippen LogP contribution >= 0.6 is 0 Å². The Morgan fingerprint density at radius 1 is 1.03 bits per heavy atom. The van der Waals surface area contributed by atoms with Gasteiger partial charge in [-0.15, -0.1) is 0 Å². The summed E-state index contributed by atoms with van der Waals surface area (Å²) in [7, 11) is 0. The van der Waals surface area contributed by atoms with Gasteiger partial charge < -0.3 is 10.1 Å². The molecule has 0 atom stereocenters. The highest BCUT2D eigenvalue weighted by atomic mass is 16.5. The summed E-state index contributed by atoms with van der Waals surface area (Å²) in [6, 6.07) is 15.5. The van der Waals surface area contributed by atoms with Gasteiger partial charge in [0.1, 0.15) is 6.54 Å². The minimum atomic E-state index is -0.203.